The first-order valence-electron chi connectivity index (χ1n) is 6.45. The van der Waals surface area contributed by atoms with Gasteiger partial charge in [-0.1, -0.05) is 12.2 Å². The lowest BCUT2D eigenvalue weighted by atomic mass is 9.82. The zero-order chi connectivity index (χ0) is 14.5. The van der Waals surface area contributed by atoms with Gasteiger partial charge in [0, 0.05) is 6.54 Å². The normalized spacial score (nSPS) is 23.2. The standard InChI is InChI=1S/C14H17NO4S/c16-12(9-5-6-20-8-9)7-15-13(17)10-3-1-2-4-11(10)14(18)19/h1-2,5-6,8,10-12,16H,3-4,7H2,(H,15,17)(H,18,19)/t10-,11+,12?/m1/s1. The third-order valence-electron chi connectivity index (χ3n) is 3.48. The van der Waals surface area contributed by atoms with E-state index in [4.69, 9.17) is 5.11 Å². The van der Waals surface area contributed by atoms with Gasteiger partial charge >= 0.3 is 5.97 Å². The van der Waals surface area contributed by atoms with Crippen molar-refractivity contribution in [2.24, 2.45) is 11.8 Å². The van der Waals surface area contributed by atoms with Crippen molar-refractivity contribution in [3.8, 4) is 0 Å². The summed E-state index contributed by atoms with van der Waals surface area (Å²) in [4.78, 5) is 23.2. The number of nitrogens with one attached hydrogen (secondary N) is 1. The van der Waals surface area contributed by atoms with E-state index >= 15 is 0 Å². The number of thiophene rings is 1. The molecule has 1 amide bonds. The Hall–Kier alpha value is -1.66. The lowest BCUT2D eigenvalue weighted by Crippen LogP contribution is -2.40. The SMILES string of the molecule is O=C(O)[C@H]1CC=CC[C@H]1C(=O)NCC(O)c1ccsc1. The molecule has 1 aromatic rings. The van der Waals surface area contributed by atoms with E-state index in [9.17, 15) is 14.7 Å². The molecule has 0 spiro atoms. The molecule has 2 rings (SSSR count). The summed E-state index contributed by atoms with van der Waals surface area (Å²) in [5.74, 6) is -2.51. The highest BCUT2D eigenvalue weighted by molar-refractivity contribution is 7.07. The van der Waals surface area contributed by atoms with Gasteiger partial charge < -0.3 is 15.5 Å². The van der Waals surface area contributed by atoms with Crippen LogP contribution in [0.2, 0.25) is 0 Å². The number of allylic oxidation sites excluding steroid dienone is 2. The van der Waals surface area contributed by atoms with Gasteiger partial charge in [0.15, 0.2) is 0 Å². The number of hydrogen-bond donors (Lipinski definition) is 3. The molecule has 1 unspecified atom stereocenters. The first-order valence-corrected chi connectivity index (χ1v) is 7.39. The number of aliphatic hydroxyl groups excluding tert-OH is 1. The lowest BCUT2D eigenvalue weighted by molar-refractivity contribution is -0.147. The number of hydrogen-bond acceptors (Lipinski definition) is 4. The Balaban J connectivity index is 1.90. The maximum absolute atomic E-state index is 12.1. The summed E-state index contributed by atoms with van der Waals surface area (Å²) < 4.78 is 0. The predicted molar refractivity (Wildman–Crippen MR) is 75.3 cm³/mol. The van der Waals surface area contributed by atoms with E-state index in [1.165, 1.54) is 11.3 Å². The minimum absolute atomic E-state index is 0.0993. The highest BCUT2D eigenvalue weighted by Crippen LogP contribution is 2.26. The van der Waals surface area contributed by atoms with E-state index in [1.807, 2.05) is 16.8 Å². The first-order chi connectivity index (χ1) is 9.59. The molecule has 0 aromatic carbocycles. The zero-order valence-corrected chi connectivity index (χ0v) is 11.7. The fourth-order valence-corrected chi connectivity index (χ4v) is 2.99. The van der Waals surface area contributed by atoms with Crippen LogP contribution in [0, 0.1) is 11.8 Å². The van der Waals surface area contributed by atoms with Crippen LogP contribution < -0.4 is 5.32 Å². The van der Waals surface area contributed by atoms with Crippen molar-refractivity contribution in [2.45, 2.75) is 18.9 Å². The summed E-state index contributed by atoms with van der Waals surface area (Å²) in [6.45, 7) is 0.0993. The van der Waals surface area contributed by atoms with Gasteiger partial charge in [-0.25, -0.2) is 0 Å². The number of carbonyl (C=O) groups excluding carboxylic acids is 1. The molecule has 108 valence electrons. The highest BCUT2D eigenvalue weighted by Gasteiger charge is 2.33. The predicted octanol–water partition coefficient (Wildman–Crippen LogP) is 1.56. The molecule has 0 saturated heterocycles. The summed E-state index contributed by atoms with van der Waals surface area (Å²) in [5.41, 5.74) is 0.758. The number of rotatable bonds is 5. The van der Waals surface area contributed by atoms with E-state index in [0.717, 1.165) is 5.56 Å². The fourth-order valence-electron chi connectivity index (χ4n) is 2.29. The molecule has 1 aliphatic carbocycles. The Labute approximate surface area is 120 Å². The van der Waals surface area contributed by atoms with Crippen molar-refractivity contribution in [3.05, 3.63) is 34.5 Å². The quantitative estimate of drug-likeness (QED) is 0.720. The zero-order valence-electron chi connectivity index (χ0n) is 10.9. The van der Waals surface area contributed by atoms with Gasteiger partial charge in [-0.3, -0.25) is 9.59 Å². The largest absolute Gasteiger partial charge is 0.481 e. The summed E-state index contributed by atoms with van der Waals surface area (Å²) in [6.07, 6.45) is 3.67. The van der Waals surface area contributed by atoms with E-state index in [2.05, 4.69) is 5.32 Å². The molecular formula is C14H17NO4S. The van der Waals surface area contributed by atoms with E-state index in [1.54, 1.807) is 12.1 Å². The van der Waals surface area contributed by atoms with Gasteiger partial charge in [-0.2, -0.15) is 11.3 Å². The number of aliphatic hydroxyl groups is 1. The number of aliphatic carboxylic acids is 1. The Bertz CT molecular complexity index is 497. The third-order valence-corrected chi connectivity index (χ3v) is 4.19. The van der Waals surface area contributed by atoms with Crippen molar-refractivity contribution < 1.29 is 19.8 Å². The van der Waals surface area contributed by atoms with Crippen LogP contribution in [-0.4, -0.2) is 28.6 Å². The van der Waals surface area contributed by atoms with E-state index in [-0.39, 0.29) is 12.5 Å². The van der Waals surface area contributed by atoms with Crippen LogP contribution in [0.15, 0.2) is 29.0 Å². The van der Waals surface area contributed by atoms with Crippen LogP contribution >= 0.6 is 11.3 Å². The third kappa shape index (κ3) is 3.46. The fraction of sp³-hybridized carbons (Fsp3) is 0.429. The van der Waals surface area contributed by atoms with Crippen molar-refractivity contribution >= 4 is 23.2 Å². The monoisotopic (exact) mass is 295 g/mol. The molecule has 1 heterocycles. The van der Waals surface area contributed by atoms with E-state index < -0.39 is 23.9 Å². The topological polar surface area (TPSA) is 86.6 Å². The minimum Gasteiger partial charge on any atom is -0.481 e. The van der Waals surface area contributed by atoms with Gasteiger partial charge in [0.25, 0.3) is 0 Å². The molecule has 1 aromatic heterocycles. The highest BCUT2D eigenvalue weighted by atomic mass is 32.1. The molecule has 3 N–H and O–H groups in total. The summed E-state index contributed by atoms with van der Waals surface area (Å²) in [5, 5.41) is 25.3. The second-order valence-electron chi connectivity index (χ2n) is 4.81. The Kier molecular flexibility index (Phi) is 4.92. The summed E-state index contributed by atoms with van der Waals surface area (Å²) in [6, 6.07) is 1.80. The molecule has 0 aliphatic heterocycles. The molecule has 3 atom stereocenters. The minimum atomic E-state index is -0.951. The van der Waals surface area contributed by atoms with Crippen molar-refractivity contribution in [1.29, 1.82) is 0 Å². The summed E-state index contributed by atoms with van der Waals surface area (Å²) >= 11 is 1.47. The number of carboxylic acid groups (broad SMARTS) is 1. The van der Waals surface area contributed by atoms with Gasteiger partial charge in [-0.05, 0) is 35.2 Å². The number of carbonyl (C=O) groups is 2. The maximum atomic E-state index is 12.1. The molecule has 0 radical (unpaired) electrons. The first kappa shape index (κ1) is 14.7. The molecule has 1 aliphatic rings. The summed E-state index contributed by atoms with van der Waals surface area (Å²) in [7, 11) is 0. The van der Waals surface area contributed by atoms with Crippen LogP contribution in [0.25, 0.3) is 0 Å². The molecule has 6 heteroatoms. The smallest absolute Gasteiger partial charge is 0.307 e. The van der Waals surface area contributed by atoms with Gasteiger partial charge in [0.1, 0.15) is 0 Å². The molecule has 0 bridgehead atoms. The van der Waals surface area contributed by atoms with Gasteiger partial charge in [0.2, 0.25) is 5.91 Å². The van der Waals surface area contributed by atoms with Crippen molar-refractivity contribution in [1.82, 2.24) is 5.32 Å². The molecule has 20 heavy (non-hydrogen) atoms. The Morgan fingerprint density at radius 3 is 2.65 bits per heavy atom. The van der Waals surface area contributed by atoms with Crippen LogP contribution in [0.5, 0.6) is 0 Å². The van der Waals surface area contributed by atoms with Crippen LogP contribution in [0.4, 0.5) is 0 Å². The van der Waals surface area contributed by atoms with E-state index in [0.29, 0.717) is 12.8 Å². The lowest BCUT2D eigenvalue weighted by Gasteiger charge is -2.24. The average molecular weight is 295 g/mol. The average Bonchev–Trinajstić information content (AvgIpc) is 2.98. The van der Waals surface area contributed by atoms with Crippen LogP contribution in [0.1, 0.15) is 24.5 Å². The second-order valence-corrected chi connectivity index (χ2v) is 5.59. The molecule has 0 fully saturated rings. The van der Waals surface area contributed by atoms with Crippen LogP contribution in [0.3, 0.4) is 0 Å². The van der Waals surface area contributed by atoms with Crippen molar-refractivity contribution in [2.75, 3.05) is 6.54 Å². The Morgan fingerprint density at radius 1 is 1.35 bits per heavy atom. The van der Waals surface area contributed by atoms with Crippen molar-refractivity contribution in [3.63, 3.8) is 0 Å². The number of carboxylic acids is 1. The second kappa shape index (κ2) is 6.67. The van der Waals surface area contributed by atoms with Gasteiger partial charge in [-0.15, -0.1) is 0 Å². The molecule has 0 saturated carbocycles. The maximum Gasteiger partial charge on any atom is 0.307 e. The molecule has 5 nitrogen and oxygen atoms in total. The number of amides is 1. The Morgan fingerprint density at radius 2 is 2.05 bits per heavy atom. The van der Waals surface area contributed by atoms with Gasteiger partial charge in [0.05, 0.1) is 17.9 Å². The van der Waals surface area contributed by atoms with Crippen LogP contribution in [-0.2, 0) is 9.59 Å². The molecular weight excluding hydrogens is 278 g/mol.